The van der Waals surface area contributed by atoms with Gasteiger partial charge in [-0.05, 0) is 13.8 Å². The maximum Gasteiger partial charge on any atom is 0.235 e. The summed E-state index contributed by atoms with van der Waals surface area (Å²) in [5.74, 6) is -0.337. The first kappa shape index (κ1) is 13.7. The molecule has 0 aliphatic rings. The number of nitrogens with zero attached hydrogens (tertiary/aromatic N) is 1. The Hall–Kier alpha value is -0.330. The zero-order valence-electron chi connectivity index (χ0n) is 8.45. The van der Waals surface area contributed by atoms with Gasteiger partial charge in [0.2, 0.25) is 15.9 Å². The van der Waals surface area contributed by atoms with E-state index in [1.807, 2.05) is 0 Å². The van der Waals surface area contributed by atoms with E-state index in [0.29, 0.717) is 0 Å². The lowest BCUT2D eigenvalue weighted by molar-refractivity contribution is -0.121. The van der Waals surface area contributed by atoms with Gasteiger partial charge in [0.25, 0.3) is 0 Å². The molecule has 0 aromatic carbocycles. The van der Waals surface area contributed by atoms with Crippen LogP contribution in [0.15, 0.2) is 0 Å². The second-order valence-electron chi connectivity index (χ2n) is 3.20. The summed E-state index contributed by atoms with van der Waals surface area (Å²) >= 11 is 5.22. The van der Waals surface area contributed by atoms with Crippen LogP contribution < -0.4 is 5.32 Å². The van der Waals surface area contributed by atoms with Crippen LogP contribution in [-0.4, -0.2) is 43.5 Å². The van der Waals surface area contributed by atoms with Crippen LogP contribution in [0.4, 0.5) is 0 Å². The average molecular weight is 243 g/mol. The fourth-order valence-electron chi connectivity index (χ4n) is 0.751. The van der Waals surface area contributed by atoms with Crippen molar-refractivity contribution in [2.45, 2.75) is 19.9 Å². The first-order valence-corrected chi connectivity index (χ1v) is 6.23. The second-order valence-corrected chi connectivity index (χ2v) is 5.86. The van der Waals surface area contributed by atoms with Crippen LogP contribution in [0.3, 0.4) is 0 Å². The van der Waals surface area contributed by atoms with Crippen LogP contribution in [0, 0.1) is 0 Å². The van der Waals surface area contributed by atoms with Crippen LogP contribution in [0.1, 0.15) is 13.8 Å². The van der Waals surface area contributed by atoms with Crippen LogP contribution >= 0.6 is 11.6 Å². The highest BCUT2D eigenvalue weighted by Crippen LogP contribution is 1.99. The van der Waals surface area contributed by atoms with Gasteiger partial charge in [0.1, 0.15) is 5.21 Å². The fourth-order valence-corrected chi connectivity index (χ4v) is 1.73. The zero-order chi connectivity index (χ0) is 11.4. The number of likely N-dealkylation sites (N-methyl/N-ethyl adjacent to an activating group) is 1. The van der Waals surface area contributed by atoms with Crippen molar-refractivity contribution in [3.8, 4) is 0 Å². The predicted octanol–water partition coefficient (Wildman–Crippen LogP) is -0.0311. The molecule has 0 aromatic rings. The zero-order valence-corrected chi connectivity index (χ0v) is 10.0. The Morgan fingerprint density at radius 1 is 1.50 bits per heavy atom. The SMILES string of the molecule is CC(C)NC(=O)CN(C)S(=O)(=O)CCl. The van der Waals surface area contributed by atoms with E-state index in [1.54, 1.807) is 13.8 Å². The molecular weight excluding hydrogens is 228 g/mol. The van der Waals surface area contributed by atoms with Crippen LogP contribution in [0.25, 0.3) is 0 Å². The number of hydrogen-bond acceptors (Lipinski definition) is 3. The molecule has 0 aliphatic heterocycles. The van der Waals surface area contributed by atoms with Gasteiger partial charge in [-0.2, -0.15) is 4.31 Å². The van der Waals surface area contributed by atoms with E-state index in [-0.39, 0.29) is 18.5 Å². The summed E-state index contributed by atoms with van der Waals surface area (Å²) in [4.78, 5) is 11.2. The van der Waals surface area contributed by atoms with Crippen molar-refractivity contribution in [3.05, 3.63) is 0 Å². The third kappa shape index (κ3) is 4.78. The standard InChI is InChI=1S/C7H15ClN2O3S/c1-6(2)9-7(11)4-10(3)14(12,13)5-8/h6H,4-5H2,1-3H3,(H,9,11). The first-order chi connectivity index (χ1) is 6.29. The van der Waals surface area contributed by atoms with E-state index in [4.69, 9.17) is 11.6 Å². The fraction of sp³-hybridized carbons (Fsp3) is 0.857. The molecule has 0 heterocycles. The Balaban J connectivity index is 4.20. The third-order valence-corrected chi connectivity index (χ3v) is 3.61. The summed E-state index contributed by atoms with van der Waals surface area (Å²) in [5.41, 5.74) is 0. The van der Waals surface area contributed by atoms with Crippen LogP contribution in [0.5, 0.6) is 0 Å². The minimum Gasteiger partial charge on any atom is -0.353 e. The van der Waals surface area contributed by atoms with Gasteiger partial charge < -0.3 is 5.32 Å². The van der Waals surface area contributed by atoms with Gasteiger partial charge in [0.05, 0.1) is 6.54 Å². The van der Waals surface area contributed by atoms with Crippen molar-refractivity contribution in [3.63, 3.8) is 0 Å². The Morgan fingerprint density at radius 2 is 2.00 bits per heavy atom. The number of halogens is 1. The van der Waals surface area contributed by atoms with Crippen molar-refractivity contribution >= 4 is 27.5 Å². The van der Waals surface area contributed by atoms with E-state index in [2.05, 4.69) is 5.32 Å². The highest BCUT2D eigenvalue weighted by molar-refractivity contribution is 7.90. The number of carbonyl (C=O) groups is 1. The van der Waals surface area contributed by atoms with Gasteiger partial charge in [-0.3, -0.25) is 4.79 Å². The Bertz CT molecular complexity index is 289. The molecule has 0 saturated heterocycles. The van der Waals surface area contributed by atoms with E-state index in [1.165, 1.54) is 7.05 Å². The molecule has 0 bridgehead atoms. The largest absolute Gasteiger partial charge is 0.353 e. The minimum absolute atomic E-state index is 0.00499. The molecule has 0 aromatic heterocycles. The molecule has 84 valence electrons. The Kier molecular flexibility index (Phi) is 5.40. The molecular formula is C7H15ClN2O3S. The topological polar surface area (TPSA) is 66.5 Å². The average Bonchev–Trinajstić information content (AvgIpc) is 2.02. The third-order valence-electron chi connectivity index (χ3n) is 1.43. The summed E-state index contributed by atoms with van der Waals surface area (Å²) < 4.78 is 23.2. The van der Waals surface area contributed by atoms with Gasteiger partial charge in [-0.15, -0.1) is 11.6 Å². The van der Waals surface area contributed by atoms with Crippen molar-refractivity contribution in [2.75, 3.05) is 18.8 Å². The van der Waals surface area contributed by atoms with Crippen LogP contribution in [-0.2, 0) is 14.8 Å². The number of hydrogen-bond donors (Lipinski definition) is 1. The van der Waals surface area contributed by atoms with E-state index in [0.717, 1.165) is 4.31 Å². The quantitative estimate of drug-likeness (QED) is 0.689. The Labute approximate surface area is 89.5 Å². The highest BCUT2D eigenvalue weighted by atomic mass is 35.5. The number of carbonyl (C=O) groups excluding carboxylic acids is 1. The molecule has 0 atom stereocenters. The maximum atomic E-state index is 11.2. The number of nitrogens with one attached hydrogen (secondary N) is 1. The molecule has 1 N–H and O–H groups in total. The summed E-state index contributed by atoms with van der Waals surface area (Å²) in [6.07, 6.45) is 0. The Morgan fingerprint density at radius 3 is 2.36 bits per heavy atom. The lowest BCUT2D eigenvalue weighted by Crippen LogP contribution is -2.41. The van der Waals surface area contributed by atoms with Gasteiger partial charge in [0.15, 0.2) is 0 Å². The molecule has 0 spiro atoms. The molecule has 14 heavy (non-hydrogen) atoms. The second kappa shape index (κ2) is 5.53. The van der Waals surface area contributed by atoms with Gasteiger partial charge in [0, 0.05) is 13.1 Å². The van der Waals surface area contributed by atoms with E-state index < -0.39 is 15.2 Å². The molecule has 0 radical (unpaired) electrons. The number of rotatable bonds is 5. The van der Waals surface area contributed by atoms with Gasteiger partial charge in [-0.25, -0.2) is 8.42 Å². The molecule has 0 unspecified atom stereocenters. The van der Waals surface area contributed by atoms with Gasteiger partial charge in [-0.1, -0.05) is 0 Å². The van der Waals surface area contributed by atoms with E-state index >= 15 is 0 Å². The molecule has 7 heteroatoms. The van der Waals surface area contributed by atoms with Crippen LogP contribution in [0.2, 0.25) is 0 Å². The van der Waals surface area contributed by atoms with Crippen molar-refractivity contribution < 1.29 is 13.2 Å². The van der Waals surface area contributed by atoms with Gasteiger partial charge >= 0.3 is 0 Å². The number of amides is 1. The molecule has 0 rings (SSSR count). The minimum atomic E-state index is -3.49. The molecule has 5 nitrogen and oxygen atoms in total. The summed E-state index contributed by atoms with van der Waals surface area (Å²) in [7, 11) is -2.17. The predicted molar refractivity (Wildman–Crippen MR) is 55.5 cm³/mol. The summed E-state index contributed by atoms with van der Waals surface area (Å²) in [5, 5.41) is 2.07. The normalized spacial score (nSPS) is 12.1. The molecule has 0 fully saturated rings. The monoisotopic (exact) mass is 242 g/mol. The number of sulfonamides is 1. The van der Waals surface area contributed by atoms with Crippen molar-refractivity contribution in [1.82, 2.24) is 9.62 Å². The molecule has 1 amide bonds. The van der Waals surface area contributed by atoms with Crippen molar-refractivity contribution in [2.24, 2.45) is 0 Å². The summed E-state index contributed by atoms with van der Waals surface area (Å²) in [6.45, 7) is 3.40. The van der Waals surface area contributed by atoms with Crippen molar-refractivity contribution in [1.29, 1.82) is 0 Å². The highest BCUT2D eigenvalue weighted by Gasteiger charge is 2.19. The molecule has 0 aliphatic carbocycles. The number of alkyl halides is 1. The summed E-state index contributed by atoms with van der Waals surface area (Å²) in [6, 6.07) is -0.00499. The first-order valence-electron chi connectivity index (χ1n) is 4.09. The maximum absolute atomic E-state index is 11.2. The molecule has 0 saturated carbocycles. The smallest absolute Gasteiger partial charge is 0.235 e. The van der Waals surface area contributed by atoms with E-state index in [9.17, 15) is 13.2 Å². The lowest BCUT2D eigenvalue weighted by Gasteiger charge is -2.15. The lowest BCUT2D eigenvalue weighted by atomic mass is 10.4.